The Bertz CT molecular complexity index is 391. The van der Waals surface area contributed by atoms with Gasteiger partial charge in [0.1, 0.15) is 0 Å². The van der Waals surface area contributed by atoms with Crippen molar-refractivity contribution < 1.29 is 19.1 Å². The normalized spacial score (nSPS) is 13.3. The first-order valence-electron chi connectivity index (χ1n) is 3.96. The lowest BCUT2D eigenvalue weighted by atomic mass is 10.2. The Morgan fingerprint density at radius 2 is 1.87 bits per heavy atom. The number of carbonyl (C=O) groups excluding carboxylic acids is 1. The van der Waals surface area contributed by atoms with Crippen LogP contribution in [-0.4, -0.2) is 20.9 Å². The molecule has 1 rings (SSSR count). The Morgan fingerprint density at radius 1 is 1.33 bits per heavy atom. The lowest BCUT2D eigenvalue weighted by molar-refractivity contribution is 0.0952. The topological polar surface area (TPSA) is 86.6 Å². The van der Waals surface area contributed by atoms with E-state index < -0.39 is 18.7 Å². The Kier molecular flexibility index (Phi) is 3.88. The van der Waals surface area contributed by atoms with Crippen molar-refractivity contribution in [3.05, 3.63) is 35.9 Å². The van der Waals surface area contributed by atoms with Crippen molar-refractivity contribution in [1.29, 1.82) is 0 Å². The lowest BCUT2D eigenvalue weighted by Crippen LogP contribution is -2.30. The molecular weight excluding hydrogens is 241 g/mol. The fraction of sp³-hybridized carbons (Fsp3) is 0.125. The number of alkyl halides is 1. The van der Waals surface area contributed by atoms with Crippen LogP contribution in [0.2, 0.25) is 0 Å². The van der Waals surface area contributed by atoms with E-state index in [2.05, 4.69) is 0 Å². The molecule has 1 aromatic rings. The van der Waals surface area contributed by atoms with Crippen molar-refractivity contribution in [1.82, 2.24) is 5.32 Å². The molecule has 5 nitrogen and oxygen atoms in total. The number of nitrogens with one attached hydrogen (secondary N) is 1. The van der Waals surface area contributed by atoms with Gasteiger partial charge in [0.25, 0.3) is 5.91 Å². The minimum atomic E-state index is -4.50. The largest absolute Gasteiger partial charge is 0.362 e. The molecule has 0 aliphatic heterocycles. The maximum absolute atomic E-state index is 11.4. The van der Waals surface area contributed by atoms with Gasteiger partial charge in [0, 0.05) is 5.56 Å². The van der Waals surface area contributed by atoms with Crippen LogP contribution >= 0.6 is 19.2 Å². The van der Waals surface area contributed by atoms with Crippen LogP contribution in [0.15, 0.2) is 30.3 Å². The Morgan fingerprint density at radius 3 is 2.33 bits per heavy atom. The zero-order valence-electron chi connectivity index (χ0n) is 7.50. The fourth-order valence-corrected chi connectivity index (χ4v) is 1.25. The van der Waals surface area contributed by atoms with Gasteiger partial charge < -0.3 is 15.1 Å². The summed E-state index contributed by atoms with van der Waals surface area (Å²) in [5.41, 5.74) is 0.289. The van der Waals surface area contributed by atoms with E-state index in [-0.39, 0.29) is 5.56 Å². The van der Waals surface area contributed by atoms with Crippen LogP contribution in [0.25, 0.3) is 0 Å². The number of hydrogen-bond donors (Lipinski definition) is 3. The van der Waals surface area contributed by atoms with Gasteiger partial charge in [-0.1, -0.05) is 29.8 Å². The number of rotatable bonds is 3. The monoisotopic (exact) mass is 249 g/mol. The van der Waals surface area contributed by atoms with Gasteiger partial charge in [-0.3, -0.25) is 9.36 Å². The molecule has 0 aliphatic rings. The molecule has 0 aliphatic carbocycles. The molecule has 0 bridgehead atoms. The summed E-state index contributed by atoms with van der Waals surface area (Å²) in [7, 11) is -4.50. The fourth-order valence-electron chi connectivity index (χ4n) is 0.865. The van der Waals surface area contributed by atoms with Gasteiger partial charge in [-0.05, 0) is 12.1 Å². The maximum atomic E-state index is 11.4. The molecule has 0 heterocycles. The molecule has 0 saturated carbocycles. The van der Waals surface area contributed by atoms with Crippen LogP contribution in [0.4, 0.5) is 0 Å². The van der Waals surface area contributed by atoms with E-state index in [0.29, 0.717) is 0 Å². The minimum absolute atomic E-state index is 0.289. The summed E-state index contributed by atoms with van der Waals surface area (Å²) >= 11 is 5.31. The number of carbonyl (C=O) groups is 1. The van der Waals surface area contributed by atoms with Crippen LogP contribution in [0.3, 0.4) is 0 Å². The molecule has 0 saturated heterocycles. The second-order valence-electron chi connectivity index (χ2n) is 2.76. The van der Waals surface area contributed by atoms with E-state index in [0.717, 1.165) is 0 Å². The van der Waals surface area contributed by atoms with E-state index in [1.165, 1.54) is 12.1 Å². The second-order valence-corrected chi connectivity index (χ2v) is 5.20. The van der Waals surface area contributed by atoms with Gasteiger partial charge in [0.15, 0.2) is 0 Å². The molecule has 1 aromatic carbocycles. The summed E-state index contributed by atoms with van der Waals surface area (Å²) in [6, 6.07) is 8.01. The van der Waals surface area contributed by atoms with Gasteiger partial charge in [0.05, 0.1) is 0 Å². The summed E-state index contributed by atoms with van der Waals surface area (Å²) in [6.45, 7) is 0. The van der Waals surface area contributed by atoms with Gasteiger partial charge >= 0.3 is 7.60 Å². The average molecular weight is 250 g/mol. The third kappa shape index (κ3) is 3.64. The highest BCUT2D eigenvalue weighted by atomic mass is 35.5. The SMILES string of the molecule is O=C(NC(Cl)P(=O)(O)O)c1ccccc1. The number of hydrogen-bond acceptors (Lipinski definition) is 2. The van der Waals surface area contributed by atoms with Gasteiger partial charge in [0.2, 0.25) is 5.24 Å². The molecule has 1 unspecified atom stereocenters. The molecule has 15 heavy (non-hydrogen) atoms. The van der Waals surface area contributed by atoms with Crippen LogP contribution in [0.1, 0.15) is 10.4 Å². The third-order valence-corrected chi connectivity index (χ3v) is 3.17. The summed E-state index contributed by atoms with van der Waals surface area (Å²) in [5, 5.41) is 0.296. The first-order chi connectivity index (χ1) is 6.91. The van der Waals surface area contributed by atoms with Crippen molar-refractivity contribution in [2.45, 2.75) is 5.24 Å². The molecule has 0 spiro atoms. The molecule has 1 atom stereocenters. The maximum Gasteiger partial charge on any atom is 0.362 e. The summed E-state index contributed by atoms with van der Waals surface area (Å²) < 4.78 is 10.6. The Hall–Kier alpha value is -0.870. The highest BCUT2D eigenvalue weighted by molar-refractivity contribution is 7.54. The van der Waals surface area contributed by atoms with E-state index >= 15 is 0 Å². The van der Waals surface area contributed by atoms with Crippen molar-refractivity contribution in [2.24, 2.45) is 0 Å². The van der Waals surface area contributed by atoms with Crippen molar-refractivity contribution in [2.75, 3.05) is 0 Å². The van der Waals surface area contributed by atoms with E-state index in [4.69, 9.17) is 21.4 Å². The van der Waals surface area contributed by atoms with E-state index in [1.807, 2.05) is 5.32 Å². The minimum Gasteiger partial charge on any atom is -0.326 e. The molecule has 82 valence electrons. The van der Waals surface area contributed by atoms with Gasteiger partial charge in [-0.2, -0.15) is 0 Å². The smallest absolute Gasteiger partial charge is 0.326 e. The summed E-state index contributed by atoms with van der Waals surface area (Å²) in [6.07, 6.45) is 0. The second kappa shape index (κ2) is 4.77. The van der Waals surface area contributed by atoms with E-state index in [9.17, 15) is 9.36 Å². The quantitative estimate of drug-likeness (QED) is 0.426. The molecule has 7 heteroatoms. The first kappa shape index (κ1) is 12.2. The molecule has 1 amide bonds. The van der Waals surface area contributed by atoms with Crippen LogP contribution in [0, 0.1) is 0 Å². The van der Waals surface area contributed by atoms with Crippen molar-refractivity contribution in [3.8, 4) is 0 Å². The predicted octanol–water partition coefficient (Wildman–Crippen LogP) is 1.12. The third-order valence-electron chi connectivity index (χ3n) is 1.58. The number of benzene rings is 1. The van der Waals surface area contributed by atoms with Crippen LogP contribution in [0.5, 0.6) is 0 Å². The summed E-state index contributed by atoms with van der Waals surface area (Å²) in [5.74, 6) is -0.626. The van der Waals surface area contributed by atoms with Crippen LogP contribution < -0.4 is 5.32 Å². The van der Waals surface area contributed by atoms with E-state index in [1.54, 1.807) is 18.2 Å². The van der Waals surface area contributed by atoms with Crippen molar-refractivity contribution in [3.63, 3.8) is 0 Å². The van der Waals surface area contributed by atoms with Crippen LogP contribution in [-0.2, 0) is 4.57 Å². The Balaban J connectivity index is 2.69. The molecule has 0 radical (unpaired) electrons. The zero-order valence-corrected chi connectivity index (χ0v) is 9.15. The van der Waals surface area contributed by atoms with Crippen molar-refractivity contribution >= 4 is 25.1 Å². The molecular formula is C8H9ClNO4P. The lowest BCUT2D eigenvalue weighted by Gasteiger charge is -2.12. The van der Waals surface area contributed by atoms with Gasteiger partial charge in [-0.25, -0.2) is 0 Å². The predicted molar refractivity (Wildman–Crippen MR) is 55.6 cm³/mol. The molecule has 0 fully saturated rings. The summed E-state index contributed by atoms with van der Waals surface area (Å²) in [4.78, 5) is 28.7. The first-order valence-corrected chi connectivity index (χ1v) is 6.08. The average Bonchev–Trinajstić information content (AvgIpc) is 2.17. The number of halogens is 1. The molecule has 3 N–H and O–H groups in total. The standard InChI is InChI=1S/C8H9ClNO4P/c9-8(15(12,13)14)10-7(11)6-4-2-1-3-5-6/h1-5,8H,(H,10,11)(H2,12,13,14). The highest BCUT2D eigenvalue weighted by Gasteiger charge is 2.28. The molecule has 0 aromatic heterocycles. The van der Waals surface area contributed by atoms with Gasteiger partial charge in [-0.15, -0.1) is 0 Å². The number of amides is 1. The highest BCUT2D eigenvalue weighted by Crippen LogP contribution is 2.41. The zero-order chi connectivity index (χ0) is 11.5. The Labute approximate surface area is 91.2 Å².